The van der Waals surface area contributed by atoms with Crippen molar-refractivity contribution in [1.29, 1.82) is 0 Å². The topological polar surface area (TPSA) is 66.0 Å². The number of aromatic nitrogens is 3. The highest BCUT2D eigenvalue weighted by atomic mass is 32.1. The Morgan fingerprint density at radius 2 is 2.00 bits per heavy atom. The Bertz CT molecular complexity index is 1030. The maximum atomic E-state index is 12.6. The summed E-state index contributed by atoms with van der Waals surface area (Å²) < 4.78 is 2.47. The van der Waals surface area contributed by atoms with Crippen LogP contribution in [0, 0.1) is 16.6 Å². The van der Waals surface area contributed by atoms with Gasteiger partial charge in [0.2, 0.25) is 0 Å². The van der Waals surface area contributed by atoms with Gasteiger partial charge in [-0.15, -0.1) is 11.3 Å². The van der Waals surface area contributed by atoms with Crippen molar-refractivity contribution in [2.75, 3.05) is 18.4 Å². The first-order valence-corrected chi connectivity index (χ1v) is 11.1. The second-order valence-electron chi connectivity index (χ2n) is 7.92. The van der Waals surface area contributed by atoms with Crippen molar-refractivity contribution in [3.05, 3.63) is 58.1 Å². The summed E-state index contributed by atoms with van der Waals surface area (Å²) in [6.07, 6.45) is 4.94. The third kappa shape index (κ3) is 4.83. The van der Waals surface area contributed by atoms with Gasteiger partial charge in [0.15, 0.2) is 9.90 Å². The Balaban J connectivity index is 1.38. The average molecular weight is 428 g/mol. The zero-order chi connectivity index (χ0) is 20.4. The molecule has 0 spiro atoms. The van der Waals surface area contributed by atoms with Crippen LogP contribution in [0.2, 0.25) is 0 Å². The lowest BCUT2D eigenvalue weighted by Gasteiger charge is -2.34. The maximum absolute atomic E-state index is 12.6. The predicted molar refractivity (Wildman–Crippen MR) is 119 cm³/mol. The molecule has 0 aliphatic carbocycles. The van der Waals surface area contributed by atoms with E-state index in [1.807, 2.05) is 28.3 Å². The molecule has 2 aromatic heterocycles. The Morgan fingerprint density at radius 1 is 1.28 bits per heavy atom. The van der Waals surface area contributed by atoms with Crippen LogP contribution in [-0.4, -0.2) is 38.4 Å². The molecule has 3 heterocycles. The number of hydrogen-bond donors (Lipinski definition) is 2. The van der Waals surface area contributed by atoms with Crippen LogP contribution in [0.25, 0.3) is 5.69 Å². The van der Waals surface area contributed by atoms with Gasteiger partial charge in [-0.3, -0.25) is 19.6 Å². The fraction of sp³-hybridized carbons (Fsp3) is 0.381. The number of likely N-dealkylation sites (tertiary alicyclic amines) is 1. The molecule has 1 aliphatic rings. The number of H-pyrrole nitrogens is 1. The minimum absolute atomic E-state index is 0.157. The molecule has 1 amide bonds. The number of hydrogen-bond acceptors (Lipinski definition) is 5. The van der Waals surface area contributed by atoms with Crippen molar-refractivity contribution in [3.63, 3.8) is 0 Å². The third-order valence-corrected chi connectivity index (χ3v) is 6.28. The zero-order valence-electron chi connectivity index (χ0n) is 16.6. The molecule has 29 heavy (non-hydrogen) atoms. The first-order valence-electron chi connectivity index (χ1n) is 9.82. The highest BCUT2D eigenvalue weighted by molar-refractivity contribution is 7.71. The van der Waals surface area contributed by atoms with Crippen LogP contribution in [0.15, 0.2) is 42.0 Å². The first-order chi connectivity index (χ1) is 14.0. The van der Waals surface area contributed by atoms with Crippen molar-refractivity contribution < 1.29 is 4.79 Å². The number of thiazole rings is 1. The standard InChI is InChI=1S/C21H25N5OS2/c1-14-9-15(2)11-25(10-14)12-17-13-29-20(23-17)24-19(27)16-3-5-18(6-4-16)26-8-7-22-21(26)28/h3-8,13-15H,9-12H2,1-2H3,(H,22,28)(H,23,24,27)/t14-,15+. The van der Waals surface area contributed by atoms with Gasteiger partial charge in [-0.05, 0) is 54.7 Å². The number of imidazole rings is 1. The quantitative estimate of drug-likeness (QED) is 0.578. The second kappa shape index (κ2) is 8.61. The molecule has 0 unspecified atom stereocenters. The van der Waals surface area contributed by atoms with E-state index in [1.54, 1.807) is 18.3 Å². The SMILES string of the molecule is C[C@@H]1C[C@H](C)CN(Cc2csc(NC(=O)c3ccc(-n4cc[nH]c4=S)cc3)n2)C1. The summed E-state index contributed by atoms with van der Waals surface area (Å²) in [6, 6.07) is 7.35. The fourth-order valence-corrected chi connectivity index (χ4v) is 4.98. The minimum Gasteiger partial charge on any atom is -0.337 e. The first kappa shape index (κ1) is 20.0. The Hall–Kier alpha value is -2.29. The summed E-state index contributed by atoms with van der Waals surface area (Å²) >= 11 is 6.70. The molecule has 2 N–H and O–H groups in total. The van der Waals surface area contributed by atoms with E-state index in [2.05, 4.69) is 34.0 Å². The Labute approximate surface area is 179 Å². The number of aromatic amines is 1. The number of rotatable bonds is 5. The summed E-state index contributed by atoms with van der Waals surface area (Å²) in [5, 5.41) is 5.59. The van der Waals surface area contributed by atoms with Gasteiger partial charge in [0.25, 0.3) is 5.91 Å². The number of nitrogens with one attached hydrogen (secondary N) is 2. The molecule has 152 valence electrons. The highest BCUT2D eigenvalue weighted by Crippen LogP contribution is 2.24. The number of piperidine rings is 1. The average Bonchev–Trinajstić information content (AvgIpc) is 3.30. The van der Waals surface area contributed by atoms with Crippen LogP contribution >= 0.6 is 23.6 Å². The van der Waals surface area contributed by atoms with E-state index >= 15 is 0 Å². The number of amides is 1. The summed E-state index contributed by atoms with van der Waals surface area (Å²) in [5.41, 5.74) is 2.52. The van der Waals surface area contributed by atoms with Crippen LogP contribution in [-0.2, 0) is 6.54 Å². The third-order valence-electron chi connectivity index (χ3n) is 5.16. The molecular formula is C21H25N5OS2. The molecule has 0 saturated carbocycles. The molecule has 3 aromatic rings. The van der Waals surface area contributed by atoms with Gasteiger partial charge in [-0.1, -0.05) is 13.8 Å². The molecule has 2 atom stereocenters. The molecular weight excluding hydrogens is 402 g/mol. The van der Waals surface area contributed by atoms with Crippen molar-refractivity contribution in [2.45, 2.75) is 26.8 Å². The lowest BCUT2D eigenvalue weighted by molar-refractivity contribution is 0.102. The summed E-state index contributed by atoms with van der Waals surface area (Å²) in [4.78, 5) is 22.6. The second-order valence-corrected chi connectivity index (χ2v) is 9.17. The lowest BCUT2D eigenvalue weighted by Crippen LogP contribution is -2.38. The van der Waals surface area contributed by atoms with Gasteiger partial charge in [0.05, 0.1) is 5.69 Å². The molecule has 1 aromatic carbocycles. The largest absolute Gasteiger partial charge is 0.337 e. The van der Waals surface area contributed by atoms with E-state index in [-0.39, 0.29) is 5.91 Å². The van der Waals surface area contributed by atoms with Gasteiger partial charge in [0, 0.05) is 48.7 Å². The van der Waals surface area contributed by atoms with E-state index in [4.69, 9.17) is 12.2 Å². The van der Waals surface area contributed by atoms with Crippen molar-refractivity contribution in [2.24, 2.45) is 11.8 Å². The van der Waals surface area contributed by atoms with Crippen molar-refractivity contribution >= 4 is 34.6 Å². The van der Waals surface area contributed by atoms with E-state index in [0.29, 0.717) is 15.5 Å². The monoisotopic (exact) mass is 427 g/mol. The maximum Gasteiger partial charge on any atom is 0.257 e. The van der Waals surface area contributed by atoms with Crippen molar-refractivity contribution in [3.8, 4) is 5.69 Å². The van der Waals surface area contributed by atoms with Gasteiger partial charge >= 0.3 is 0 Å². The molecule has 8 heteroatoms. The predicted octanol–water partition coefficient (Wildman–Crippen LogP) is 4.72. The molecule has 1 fully saturated rings. The normalized spacial score (nSPS) is 19.9. The van der Waals surface area contributed by atoms with Gasteiger partial charge in [-0.25, -0.2) is 4.98 Å². The van der Waals surface area contributed by atoms with Crippen molar-refractivity contribution in [1.82, 2.24) is 19.4 Å². The molecule has 0 radical (unpaired) electrons. The molecule has 4 rings (SSSR count). The number of benzene rings is 1. The molecule has 0 bridgehead atoms. The number of carbonyl (C=O) groups is 1. The highest BCUT2D eigenvalue weighted by Gasteiger charge is 2.22. The van der Waals surface area contributed by atoms with Crippen LogP contribution in [0.3, 0.4) is 0 Å². The van der Waals surface area contributed by atoms with Crippen LogP contribution in [0.4, 0.5) is 5.13 Å². The molecule has 1 saturated heterocycles. The van der Waals surface area contributed by atoms with Gasteiger partial charge < -0.3 is 4.98 Å². The lowest BCUT2D eigenvalue weighted by atomic mass is 9.92. The van der Waals surface area contributed by atoms with E-state index in [9.17, 15) is 4.79 Å². The molecule has 6 nitrogen and oxygen atoms in total. The molecule has 1 aliphatic heterocycles. The van der Waals surface area contributed by atoms with Crippen LogP contribution in [0.5, 0.6) is 0 Å². The summed E-state index contributed by atoms with van der Waals surface area (Å²) in [7, 11) is 0. The van der Waals surface area contributed by atoms with Gasteiger partial charge in [0.1, 0.15) is 0 Å². The summed E-state index contributed by atoms with van der Waals surface area (Å²) in [5.74, 6) is 1.29. The number of nitrogens with zero attached hydrogens (tertiary/aromatic N) is 3. The minimum atomic E-state index is -0.157. The van der Waals surface area contributed by atoms with E-state index < -0.39 is 0 Å². The number of carbonyl (C=O) groups excluding carboxylic acids is 1. The summed E-state index contributed by atoms with van der Waals surface area (Å²) in [6.45, 7) is 7.69. The van der Waals surface area contributed by atoms with Crippen LogP contribution in [0.1, 0.15) is 36.3 Å². The zero-order valence-corrected chi connectivity index (χ0v) is 18.2. The van der Waals surface area contributed by atoms with Crippen LogP contribution < -0.4 is 5.32 Å². The van der Waals surface area contributed by atoms with E-state index in [0.717, 1.165) is 42.9 Å². The smallest absolute Gasteiger partial charge is 0.257 e. The fourth-order valence-electron chi connectivity index (χ4n) is 4.05. The Morgan fingerprint density at radius 3 is 2.66 bits per heavy atom. The van der Waals surface area contributed by atoms with Gasteiger partial charge in [-0.2, -0.15) is 0 Å². The van der Waals surface area contributed by atoms with E-state index in [1.165, 1.54) is 17.8 Å². The Kier molecular flexibility index (Phi) is 5.94. The number of anilines is 1.